The average Bonchev–Trinajstić information content (AvgIpc) is 2.68. The van der Waals surface area contributed by atoms with Gasteiger partial charge in [0.25, 0.3) is 0 Å². The normalized spacial score (nSPS) is 13.4. The summed E-state index contributed by atoms with van der Waals surface area (Å²) in [4.78, 5) is 13.8. The summed E-state index contributed by atoms with van der Waals surface area (Å²) in [5.41, 5.74) is 2.33. The molecule has 0 spiro atoms. The van der Waals surface area contributed by atoms with Crippen LogP contribution in [0.5, 0.6) is 0 Å². The Bertz CT molecular complexity index is 624. The van der Waals surface area contributed by atoms with Gasteiger partial charge in [-0.1, -0.05) is 67.6 Å². The lowest BCUT2D eigenvalue weighted by atomic mass is 10.1. The first-order chi connectivity index (χ1) is 12.6. The molecule has 0 aliphatic heterocycles. The van der Waals surface area contributed by atoms with E-state index >= 15 is 0 Å². The fourth-order valence-corrected chi connectivity index (χ4v) is 2.69. The Balaban J connectivity index is 2.00. The number of methoxy groups -OCH3 is 1. The van der Waals surface area contributed by atoms with Gasteiger partial charge in [0.1, 0.15) is 0 Å². The fraction of sp³-hybridized carbons (Fsp3) is 0.381. The highest BCUT2D eigenvalue weighted by Crippen LogP contribution is 2.20. The molecule has 0 heterocycles. The van der Waals surface area contributed by atoms with Gasteiger partial charge in [0.15, 0.2) is 0 Å². The minimum absolute atomic E-state index is 0.0863. The summed E-state index contributed by atoms with van der Waals surface area (Å²) in [6.07, 6.45) is -0.0863. The van der Waals surface area contributed by atoms with E-state index in [0.717, 1.165) is 7.11 Å². The number of hydrogen-bond donors (Lipinski definition) is 0. The summed E-state index contributed by atoms with van der Waals surface area (Å²) in [5, 5.41) is 0. The second-order valence-corrected chi connectivity index (χ2v) is 6.10. The number of alkyl halides is 1. The Kier molecular flexibility index (Phi) is 7.75. The molecule has 0 aliphatic carbocycles. The molecule has 0 fully saturated rings. The molecule has 0 aliphatic rings. The summed E-state index contributed by atoms with van der Waals surface area (Å²) in [6, 6.07) is 20.1. The van der Waals surface area contributed by atoms with Crippen molar-refractivity contribution in [2.45, 2.75) is 32.3 Å². The SMILES string of the molecule is CCC(F)(OCCN(Cc1ccccc1)Cc1ccccc1)C(=O)OC. The van der Waals surface area contributed by atoms with Gasteiger partial charge in [0.05, 0.1) is 13.7 Å². The Morgan fingerprint density at radius 3 is 1.92 bits per heavy atom. The minimum Gasteiger partial charge on any atom is -0.465 e. The first-order valence-electron chi connectivity index (χ1n) is 8.79. The van der Waals surface area contributed by atoms with Crippen LogP contribution in [0, 0.1) is 0 Å². The molecular weight excluding hydrogens is 333 g/mol. The van der Waals surface area contributed by atoms with Crippen LogP contribution in [0.1, 0.15) is 24.5 Å². The number of carbonyl (C=O) groups is 1. The Labute approximate surface area is 154 Å². The smallest absolute Gasteiger partial charge is 0.371 e. The van der Waals surface area contributed by atoms with Gasteiger partial charge in [0.2, 0.25) is 0 Å². The van der Waals surface area contributed by atoms with Gasteiger partial charge in [0, 0.05) is 26.1 Å². The highest BCUT2D eigenvalue weighted by Gasteiger charge is 2.39. The van der Waals surface area contributed by atoms with Crippen molar-refractivity contribution in [1.29, 1.82) is 0 Å². The molecule has 1 unspecified atom stereocenters. The third kappa shape index (κ3) is 5.93. The standard InChI is InChI=1S/C21H26FNO3/c1-3-21(22,20(24)25-2)26-15-14-23(16-18-10-6-4-7-11-18)17-19-12-8-5-9-13-19/h4-13H,3,14-17H2,1-2H3. The molecule has 4 nitrogen and oxygen atoms in total. The number of esters is 1. The summed E-state index contributed by atoms with van der Waals surface area (Å²) in [5.74, 6) is -3.38. The maximum Gasteiger partial charge on any atom is 0.371 e. The van der Waals surface area contributed by atoms with Crippen molar-refractivity contribution in [3.8, 4) is 0 Å². The topological polar surface area (TPSA) is 38.8 Å². The van der Waals surface area contributed by atoms with E-state index in [1.54, 1.807) is 6.92 Å². The van der Waals surface area contributed by atoms with E-state index in [4.69, 9.17) is 4.74 Å². The van der Waals surface area contributed by atoms with Crippen molar-refractivity contribution < 1.29 is 18.7 Å². The third-order valence-electron chi connectivity index (χ3n) is 4.18. The van der Waals surface area contributed by atoms with Gasteiger partial charge in [-0.15, -0.1) is 0 Å². The molecular formula is C21H26FNO3. The second-order valence-electron chi connectivity index (χ2n) is 6.10. The van der Waals surface area contributed by atoms with Crippen LogP contribution in [0.3, 0.4) is 0 Å². The van der Waals surface area contributed by atoms with E-state index in [2.05, 4.69) is 33.9 Å². The highest BCUT2D eigenvalue weighted by molar-refractivity contribution is 5.77. The number of benzene rings is 2. The van der Waals surface area contributed by atoms with Crippen LogP contribution in [0.2, 0.25) is 0 Å². The monoisotopic (exact) mass is 359 g/mol. The van der Waals surface area contributed by atoms with Crippen molar-refractivity contribution in [2.75, 3.05) is 20.3 Å². The van der Waals surface area contributed by atoms with Crippen molar-refractivity contribution in [3.63, 3.8) is 0 Å². The van der Waals surface area contributed by atoms with E-state index in [9.17, 15) is 9.18 Å². The Hall–Kier alpha value is -2.24. The first-order valence-corrected chi connectivity index (χ1v) is 8.79. The molecule has 1 atom stereocenters. The zero-order valence-electron chi connectivity index (χ0n) is 15.4. The molecule has 0 saturated carbocycles. The molecule has 0 radical (unpaired) electrons. The number of carbonyl (C=O) groups excluding carboxylic acids is 1. The van der Waals surface area contributed by atoms with Crippen molar-refractivity contribution >= 4 is 5.97 Å². The van der Waals surface area contributed by atoms with Crippen molar-refractivity contribution in [3.05, 3.63) is 71.8 Å². The van der Waals surface area contributed by atoms with Crippen LogP contribution < -0.4 is 0 Å². The molecule has 2 rings (SSSR count). The van der Waals surface area contributed by atoms with Gasteiger partial charge >= 0.3 is 11.8 Å². The minimum atomic E-state index is -2.39. The van der Waals surface area contributed by atoms with Crippen LogP contribution in [0.15, 0.2) is 60.7 Å². The largest absolute Gasteiger partial charge is 0.465 e. The van der Waals surface area contributed by atoms with E-state index in [1.165, 1.54) is 11.1 Å². The zero-order valence-corrected chi connectivity index (χ0v) is 15.4. The lowest BCUT2D eigenvalue weighted by Crippen LogP contribution is -2.39. The quantitative estimate of drug-likeness (QED) is 0.602. The first kappa shape index (κ1) is 20.1. The number of ether oxygens (including phenoxy) is 2. The second kappa shape index (κ2) is 10.0. The summed E-state index contributed by atoms with van der Waals surface area (Å²) < 4.78 is 24.3. The predicted octanol–water partition coefficient (Wildman–Crippen LogP) is 3.95. The molecule has 0 N–H and O–H groups in total. The number of halogens is 1. The van der Waals surface area contributed by atoms with Gasteiger partial charge < -0.3 is 9.47 Å². The molecule has 0 bridgehead atoms. The van der Waals surface area contributed by atoms with E-state index in [0.29, 0.717) is 19.6 Å². The zero-order chi connectivity index (χ0) is 18.8. The third-order valence-corrected chi connectivity index (χ3v) is 4.18. The van der Waals surface area contributed by atoms with Crippen LogP contribution in [0.25, 0.3) is 0 Å². The van der Waals surface area contributed by atoms with Gasteiger partial charge in [-0.05, 0) is 11.1 Å². The maximum atomic E-state index is 14.5. The molecule has 5 heteroatoms. The van der Waals surface area contributed by atoms with Gasteiger partial charge in [-0.25, -0.2) is 4.79 Å². The molecule has 0 saturated heterocycles. The molecule has 2 aromatic rings. The van der Waals surface area contributed by atoms with Crippen molar-refractivity contribution in [1.82, 2.24) is 4.90 Å². The molecule has 0 amide bonds. The van der Waals surface area contributed by atoms with Crippen LogP contribution in [0.4, 0.5) is 4.39 Å². The number of hydrogen-bond acceptors (Lipinski definition) is 4. The van der Waals surface area contributed by atoms with Crippen LogP contribution >= 0.6 is 0 Å². The average molecular weight is 359 g/mol. The fourth-order valence-electron chi connectivity index (χ4n) is 2.69. The lowest BCUT2D eigenvalue weighted by molar-refractivity contribution is -0.200. The van der Waals surface area contributed by atoms with Gasteiger partial charge in [-0.3, -0.25) is 4.90 Å². The molecule has 26 heavy (non-hydrogen) atoms. The van der Waals surface area contributed by atoms with Crippen LogP contribution in [-0.2, 0) is 27.4 Å². The van der Waals surface area contributed by atoms with E-state index in [-0.39, 0.29) is 13.0 Å². The van der Waals surface area contributed by atoms with E-state index in [1.807, 2.05) is 36.4 Å². The summed E-state index contributed by atoms with van der Waals surface area (Å²) in [6.45, 7) is 3.57. The molecule has 0 aromatic heterocycles. The molecule has 140 valence electrons. The summed E-state index contributed by atoms with van der Waals surface area (Å²) >= 11 is 0. The van der Waals surface area contributed by atoms with Crippen molar-refractivity contribution in [2.24, 2.45) is 0 Å². The lowest BCUT2D eigenvalue weighted by Gasteiger charge is -2.26. The Morgan fingerprint density at radius 2 is 1.50 bits per heavy atom. The highest BCUT2D eigenvalue weighted by atomic mass is 19.2. The number of rotatable bonds is 10. The maximum absolute atomic E-state index is 14.5. The Morgan fingerprint density at radius 1 is 1.00 bits per heavy atom. The summed E-state index contributed by atoms with van der Waals surface area (Å²) in [7, 11) is 1.16. The number of nitrogens with zero attached hydrogens (tertiary/aromatic N) is 1. The van der Waals surface area contributed by atoms with Crippen LogP contribution in [-0.4, -0.2) is 37.0 Å². The predicted molar refractivity (Wildman–Crippen MR) is 99.1 cm³/mol. The van der Waals surface area contributed by atoms with E-state index < -0.39 is 11.8 Å². The molecule has 2 aromatic carbocycles. The van der Waals surface area contributed by atoms with Gasteiger partial charge in [-0.2, -0.15) is 4.39 Å².